The minimum absolute atomic E-state index is 0.121. The standard InChI is InChI=1S/C21H24N4O2/c1-3-26-17-9-5-15(6-10-17)19-13-20(25-21(24-19)22-14-23-25)16-7-11-18(12-8-16)27-4-2/h5-12,14,19-20H,3-4,13H2,1-2H3,(H,22,23,24)/t19-,20+/m1/s1. The van der Waals surface area contributed by atoms with E-state index in [-0.39, 0.29) is 12.1 Å². The maximum atomic E-state index is 5.57. The summed E-state index contributed by atoms with van der Waals surface area (Å²) in [6.45, 7) is 5.32. The van der Waals surface area contributed by atoms with Gasteiger partial charge in [-0.05, 0) is 55.7 Å². The Hall–Kier alpha value is -3.02. The summed E-state index contributed by atoms with van der Waals surface area (Å²) in [5, 5.41) is 7.93. The summed E-state index contributed by atoms with van der Waals surface area (Å²) >= 11 is 0. The van der Waals surface area contributed by atoms with Crippen molar-refractivity contribution in [2.24, 2.45) is 0 Å². The average molecular weight is 364 g/mol. The van der Waals surface area contributed by atoms with Crippen molar-refractivity contribution in [1.82, 2.24) is 14.8 Å². The molecule has 2 aromatic carbocycles. The average Bonchev–Trinajstić information content (AvgIpc) is 3.18. The van der Waals surface area contributed by atoms with Gasteiger partial charge in [-0.15, -0.1) is 0 Å². The summed E-state index contributed by atoms with van der Waals surface area (Å²) < 4.78 is 13.1. The Bertz CT molecular complexity index is 874. The Morgan fingerprint density at radius 3 is 2.11 bits per heavy atom. The van der Waals surface area contributed by atoms with E-state index in [1.165, 1.54) is 11.1 Å². The van der Waals surface area contributed by atoms with Crippen LogP contribution in [0.1, 0.15) is 43.5 Å². The third-order valence-corrected chi connectivity index (χ3v) is 4.80. The summed E-state index contributed by atoms with van der Waals surface area (Å²) in [5.41, 5.74) is 2.41. The first-order valence-corrected chi connectivity index (χ1v) is 9.40. The second-order valence-electron chi connectivity index (χ2n) is 6.48. The Morgan fingerprint density at radius 2 is 1.52 bits per heavy atom. The lowest BCUT2D eigenvalue weighted by atomic mass is 9.93. The summed E-state index contributed by atoms with van der Waals surface area (Å²) in [5.74, 6) is 2.57. The molecule has 3 aromatic rings. The number of benzene rings is 2. The molecule has 2 heterocycles. The number of ether oxygens (including phenoxy) is 2. The molecule has 6 nitrogen and oxygen atoms in total. The van der Waals surface area contributed by atoms with Crippen molar-refractivity contribution in [2.45, 2.75) is 32.4 Å². The van der Waals surface area contributed by atoms with Crippen molar-refractivity contribution in [3.63, 3.8) is 0 Å². The molecule has 0 amide bonds. The molecule has 140 valence electrons. The Balaban J connectivity index is 1.60. The van der Waals surface area contributed by atoms with E-state index in [0.717, 1.165) is 23.9 Å². The Labute approximate surface area is 159 Å². The first-order valence-electron chi connectivity index (χ1n) is 9.40. The van der Waals surface area contributed by atoms with Crippen LogP contribution in [-0.4, -0.2) is 28.0 Å². The second-order valence-corrected chi connectivity index (χ2v) is 6.48. The van der Waals surface area contributed by atoms with Gasteiger partial charge in [0.25, 0.3) is 0 Å². The number of hydrogen-bond donors (Lipinski definition) is 1. The summed E-state index contributed by atoms with van der Waals surface area (Å²) in [6.07, 6.45) is 2.49. The molecule has 1 N–H and O–H groups in total. The molecule has 2 atom stereocenters. The van der Waals surface area contributed by atoms with Gasteiger partial charge >= 0.3 is 0 Å². The summed E-state index contributed by atoms with van der Waals surface area (Å²) in [7, 11) is 0. The number of rotatable bonds is 6. The van der Waals surface area contributed by atoms with Crippen LogP contribution in [0.2, 0.25) is 0 Å². The number of nitrogens with zero attached hydrogens (tertiary/aromatic N) is 3. The van der Waals surface area contributed by atoms with Crippen LogP contribution in [-0.2, 0) is 0 Å². The predicted octanol–water partition coefficient (Wildman–Crippen LogP) is 4.22. The van der Waals surface area contributed by atoms with Crippen molar-refractivity contribution in [3.8, 4) is 11.5 Å². The van der Waals surface area contributed by atoms with E-state index in [2.05, 4.69) is 39.7 Å². The van der Waals surface area contributed by atoms with Crippen LogP contribution in [0.3, 0.4) is 0 Å². The lowest BCUT2D eigenvalue weighted by Crippen LogP contribution is -2.28. The minimum Gasteiger partial charge on any atom is -0.494 e. The molecule has 0 saturated heterocycles. The lowest BCUT2D eigenvalue weighted by molar-refractivity contribution is 0.339. The van der Waals surface area contributed by atoms with Gasteiger partial charge < -0.3 is 14.8 Å². The molecule has 1 aliphatic rings. The van der Waals surface area contributed by atoms with Gasteiger partial charge in [0.2, 0.25) is 5.95 Å². The molecule has 0 spiro atoms. The topological polar surface area (TPSA) is 61.2 Å². The number of nitrogens with one attached hydrogen (secondary N) is 1. The highest BCUT2D eigenvalue weighted by atomic mass is 16.5. The third kappa shape index (κ3) is 3.60. The van der Waals surface area contributed by atoms with Crippen LogP contribution in [0.15, 0.2) is 54.9 Å². The zero-order valence-electron chi connectivity index (χ0n) is 15.6. The van der Waals surface area contributed by atoms with Gasteiger partial charge in [-0.2, -0.15) is 10.1 Å². The summed E-state index contributed by atoms with van der Waals surface area (Å²) in [4.78, 5) is 4.39. The third-order valence-electron chi connectivity index (χ3n) is 4.80. The van der Waals surface area contributed by atoms with Gasteiger partial charge in [-0.1, -0.05) is 24.3 Å². The van der Waals surface area contributed by atoms with E-state index in [1.807, 2.05) is 42.8 Å². The van der Waals surface area contributed by atoms with Gasteiger partial charge in [0.15, 0.2) is 0 Å². The van der Waals surface area contributed by atoms with Crippen molar-refractivity contribution in [3.05, 3.63) is 66.0 Å². The van der Waals surface area contributed by atoms with E-state index < -0.39 is 0 Å². The maximum Gasteiger partial charge on any atom is 0.222 e. The first kappa shape index (κ1) is 17.4. The van der Waals surface area contributed by atoms with Crippen molar-refractivity contribution in [2.75, 3.05) is 18.5 Å². The van der Waals surface area contributed by atoms with Crippen LogP contribution in [0.5, 0.6) is 11.5 Å². The van der Waals surface area contributed by atoms with Crippen LogP contribution < -0.4 is 14.8 Å². The highest BCUT2D eigenvalue weighted by molar-refractivity contribution is 5.40. The number of anilines is 1. The monoisotopic (exact) mass is 364 g/mol. The van der Waals surface area contributed by atoms with Crippen LogP contribution in [0, 0.1) is 0 Å². The van der Waals surface area contributed by atoms with Crippen LogP contribution in [0.25, 0.3) is 0 Å². The zero-order chi connectivity index (χ0) is 18.6. The van der Waals surface area contributed by atoms with E-state index in [1.54, 1.807) is 6.33 Å². The fourth-order valence-corrected chi connectivity index (χ4v) is 3.53. The molecule has 0 saturated carbocycles. The number of hydrogen-bond acceptors (Lipinski definition) is 5. The fraction of sp³-hybridized carbons (Fsp3) is 0.333. The SMILES string of the molecule is CCOc1ccc([C@H]2C[C@@H](c3ccc(OCC)cc3)n3ncnc3N2)cc1. The molecular weight excluding hydrogens is 340 g/mol. The highest BCUT2D eigenvalue weighted by Gasteiger charge is 2.29. The van der Waals surface area contributed by atoms with Gasteiger partial charge in [0, 0.05) is 0 Å². The van der Waals surface area contributed by atoms with Crippen molar-refractivity contribution >= 4 is 5.95 Å². The zero-order valence-corrected chi connectivity index (χ0v) is 15.6. The van der Waals surface area contributed by atoms with Crippen LogP contribution in [0.4, 0.5) is 5.95 Å². The van der Waals surface area contributed by atoms with Crippen LogP contribution >= 0.6 is 0 Å². The fourth-order valence-electron chi connectivity index (χ4n) is 3.53. The molecule has 0 radical (unpaired) electrons. The molecule has 0 unspecified atom stereocenters. The number of aromatic nitrogens is 3. The van der Waals surface area contributed by atoms with Gasteiger partial charge in [-0.3, -0.25) is 0 Å². The van der Waals surface area contributed by atoms with E-state index in [0.29, 0.717) is 13.2 Å². The normalized spacial score (nSPS) is 18.4. The molecule has 0 fully saturated rings. The smallest absolute Gasteiger partial charge is 0.222 e. The van der Waals surface area contributed by atoms with Crippen molar-refractivity contribution < 1.29 is 9.47 Å². The largest absolute Gasteiger partial charge is 0.494 e. The summed E-state index contributed by atoms with van der Waals surface area (Å²) in [6, 6.07) is 16.8. The second kappa shape index (κ2) is 7.70. The van der Waals surface area contributed by atoms with Gasteiger partial charge in [-0.25, -0.2) is 4.68 Å². The van der Waals surface area contributed by atoms with Crippen molar-refractivity contribution in [1.29, 1.82) is 0 Å². The molecule has 1 aliphatic heterocycles. The number of fused-ring (bicyclic) bond motifs is 1. The van der Waals surface area contributed by atoms with Gasteiger partial charge in [0.05, 0.1) is 25.3 Å². The van der Waals surface area contributed by atoms with E-state index in [4.69, 9.17) is 9.47 Å². The molecule has 6 heteroatoms. The highest BCUT2D eigenvalue weighted by Crippen LogP contribution is 2.38. The minimum atomic E-state index is 0.121. The van der Waals surface area contributed by atoms with E-state index >= 15 is 0 Å². The Kier molecular flexibility index (Phi) is 4.96. The molecule has 0 bridgehead atoms. The quantitative estimate of drug-likeness (QED) is 0.709. The van der Waals surface area contributed by atoms with Gasteiger partial charge in [0.1, 0.15) is 17.8 Å². The molecular formula is C21H24N4O2. The predicted molar refractivity (Wildman–Crippen MR) is 104 cm³/mol. The van der Waals surface area contributed by atoms with E-state index in [9.17, 15) is 0 Å². The molecule has 1 aromatic heterocycles. The first-order chi connectivity index (χ1) is 13.3. The maximum absolute atomic E-state index is 5.57. The Morgan fingerprint density at radius 1 is 0.926 bits per heavy atom. The molecule has 27 heavy (non-hydrogen) atoms. The molecule has 0 aliphatic carbocycles. The lowest BCUT2D eigenvalue weighted by Gasteiger charge is -2.32. The molecule has 4 rings (SSSR count).